The summed E-state index contributed by atoms with van der Waals surface area (Å²) in [5.41, 5.74) is 2.50. The highest BCUT2D eigenvalue weighted by molar-refractivity contribution is 6.37. The molecule has 2 amide bonds. The predicted molar refractivity (Wildman–Crippen MR) is 114 cm³/mol. The molecule has 0 atom stereocenters. The number of halogens is 1. The number of anilines is 1. The zero-order valence-corrected chi connectivity index (χ0v) is 17.2. The number of rotatable bonds is 6. The minimum absolute atomic E-state index is 0.0358. The highest BCUT2D eigenvalue weighted by atomic mass is 35.5. The SMILES string of the molecule is COc1ccccc1C1=C(Nc2ccc(Cl)cc2C)C(=O)N(Cc2ccco2)C1=O. The number of furan rings is 1. The van der Waals surface area contributed by atoms with Crippen LogP contribution in [0.3, 0.4) is 0 Å². The average Bonchev–Trinajstić information content (AvgIpc) is 3.33. The van der Waals surface area contributed by atoms with Crippen molar-refractivity contribution in [2.75, 3.05) is 12.4 Å². The zero-order chi connectivity index (χ0) is 21.3. The van der Waals surface area contributed by atoms with E-state index in [2.05, 4.69) is 5.32 Å². The van der Waals surface area contributed by atoms with Gasteiger partial charge in [0.25, 0.3) is 11.8 Å². The Morgan fingerprint density at radius 3 is 2.57 bits per heavy atom. The highest BCUT2D eigenvalue weighted by Crippen LogP contribution is 2.36. The summed E-state index contributed by atoms with van der Waals surface area (Å²) < 4.78 is 10.8. The molecule has 1 N–H and O–H groups in total. The second kappa shape index (κ2) is 8.08. The van der Waals surface area contributed by atoms with Crippen LogP contribution >= 0.6 is 11.6 Å². The summed E-state index contributed by atoms with van der Waals surface area (Å²) in [7, 11) is 1.53. The van der Waals surface area contributed by atoms with Gasteiger partial charge < -0.3 is 14.5 Å². The molecule has 30 heavy (non-hydrogen) atoms. The van der Waals surface area contributed by atoms with Crippen molar-refractivity contribution >= 4 is 34.7 Å². The number of nitrogens with zero attached hydrogens (tertiary/aromatic N) is 1. The molecular weight excluding hydrogens is 404 g/mol. The first-order valence-corrected chi connectivity index (χ1v) is 9.67. The van der Waals surface area contributed by atoms with Gasteiger partial charge in [-0.2, -0.15) is 0 Å². The number of hydrogen-bond acceptors (Lipinski definition) is 5. The lowest BCUT2D eigenvalue weighted by Gasteiger charge is -2.14. The lowest BCUT2D eigenvalue weighted by atomic mass is 10.0. The molecule has 1 aliphatic heterocycles. The smallest absolute Gasteiger partial charge is 0.278 e. The molecule has 1 aliphatic rings. The molecular formula is C23H19ClN2O4. The van der Waals surface area contributed by atoms with Crippen LogP contribution < -0.4 is 10.1 Å². The molecule has 152 valence electrons. The fourth-order valence-corrected chi connectivity index (χ4v) is 3.62. The Labute approximate surface area is 178 Å². The van der Waals surface area contributed by atoms with Gasteiger partial charge in [0.2, 0.25) is 0 Å². The number of amides is 2. The van der Waals surface area contributed by atoms with Gasteiger partial charge in [-0.05, 0) is 48.9 Å². The van der Waals surface area contributed by atoms with E-state index in [0.29, 0.717) is 27.8 Å². The van der Waals surface area contributed by atoms with Crippen molar-refractivity contribution < 1.29 is 18.7 Å². The van der Waals surface area contributed by atoms with Crippen LogP contribution in [0.2, 0.25) is 5.02 Å². The van der Waals surface area contributed by atoms with Crippen LogP contribution in [0.1, 0.15) is 16.9 Å². The van der Waals surface area contributed by atoms with E-state index < -0.39 is 11.8 Å². The summed E-state index contributed by atoms with van der Waals surface area (Å²) in [5, 5.41) is 3.74. The Hall–Kier alpha value is -3.51. The van der Waals surface area contributed by atoms with E-state index in [1.165, 1.54) is 13.4 Å². The molecule has 2 heterocycles. The van der Waals surface area contributed by atoms with Crippen molar-refractivity contribution in [1.29, 1.82) is 0 Å². The highest BCUT2D eigenvalue weighted by Gasteiger charge is 2.40. The van der Waals surface area contributed by atoms with Crippen molar-refractivity contribution in [1.82, 2.24) is 4.90 Å². The second-order valence-electron chi connectivity index (χ2n) is 6.81. The molecule has 1 aromatic heterocycles. The fourth-order valence-electron chi connectivity index (χ4n) is 3.40. The van der Waals surface area contributed by atoms with Crippen LogP contribution in [0.4, 0.5) is 5.69 Å². The van der Waals surface area contributed by atoms with Crippen LogP contribution in [-0.4, -0.2) is 23.8 Å². The predicted octanol–water partition coefficient (Wildman–Crippen LogP) is 4.64. The monoisotopic (exact) mass is 422 g/mol. The molecule has 0 radical (unpaired) electrons. The number of carbonyl (C=O) groups excluding carboxylic acids is 2. The summed E-state index contributed by atoms with van der Waals surface area (Å²) in [6.45, 7) is 1.91. The van der Waals surface area contributed by atoms with Crippen molar-refractivity contribution in [3.05, 3.63) is 88.5 Å². The Morgan fingerprint density at radius 2 is 1.87 bits per heavy atom. The molecule has 2 aromatic carbocycles. The van der Waals surface area contributed by atoms with Crippen LogP contribution in [0.25, 0.3) is 5.57 Å². The molecule has 3 aromatic rings. The maximum atomic E-state index is 13.3. The van der Waals surface area contributed by atoms with Gasteiger partial charge in [0.15, 0.2) is 0 Å². The third-order valence-corrected chi connectivity index (χ3v) is 5.12. The van der Waals surface area contributed by atoms with Gasteiger partial charge in [-0.3, -0.25) is 14.5 Å². The summed E-state index contributed by atoms with van der Waals surface area (Å²) in [5.74, 6) is 0.155. The number of benzene rings is 2. The van der Waals surface area contributed by atoms with E-state index in [1.54, 1.807) is 54.6 Å². The Bertz CT molecular complexity index is 1150. The van der Waals surface area contributed by atoms with Crippen LogP contribution in [0, 0.1) is 6.92 Å². The van der Waals surface area contributed by atoms with E-state index in [1.807, 2.05) is 6.92 Å². The quantitative estimate of drug-likeness (QED) is 0.586. The number of ether oxygens (including phenoxy) is 1. The number of methoxy groups -OCH3 is 1. The number of hydrogen-bond donors (Lipinski definition) is 1. The van der Waals surface area contributed by atoms with Gasteiger partial charge in [0.05, 0.1) is 25.5 Å². The maximum Gasteiger partial charge on any atom is 0.278 e. The number of imide groups is 1. The number of carbonyl (C=O) groups is 2. The normalized spacial score (nSPS) is 13.9. The second-order valence-corrected chi connectivity index (χ2v) is 7.25. The first-order valence-electron chi connectivity index (χ1n) is 9.29. The molecule has 0 unspecified atom stereocenters. The molecule has 0 saturated heterocycles. The zero-order valence-electron chi connectivity index (χ0n) is 16.4. The largest absolute Gasteiger partial charge is 0.496 e. The van der Waals surface area contributed by atoms with Crippen molar-refractivity contribution in [2.24, 2.45) is 0 Å². The molecule has 6 nitrogen and oxygen atoms in total. The minimum atomic E-state index is -0.438. The standard InChI is InChI=1S/C23H19ClN2O4/c1-14-12-15(24)9-10-18(14)25-21-20(17-7-3-4-8-19(17)29-2)22(27)26(23(21)28)13-16-6-5-11-30-16/h3-12,25H,13H2,1-2H3. The van der Waals surface area contributed by atoms with E-state index in [4.69, 9.17) is 20.8 Å². The molecule has 0 bridgehead atoms. The lowest BCUT2D eigenvalue weighted by Crippen LogP contribution is -2.31. The number of para-hydroxylation sites is 1. The first-order chi connectivity index (χ1) is 14.5. The number of nitrogens with one attached hydrogen (secondary N) is 1. The summed E-state index contributed by atoms with van der Waals surface area (Å²) in [6.07, 6.45) is 1.51. The molecule has 0 spiro atoms. The maximum absolute atomic E-state index is 13.3. The number of aryl methyl sites for hydroxylation is 1. The van der Waals surface area contributed by atoms with Crippen molar-refractivity contribution in [2.45, 2.75) is 13.5 Å². The lowest BCUT2D eigenvalue weighted by molar-refractivity contribution is -0.137. The summed E-state index contributed by atoms with van der Waals surface area (Å²) in [6, 6.07) is 15.8. The van der Waals surface area contributed by atoms with Crippen LogP contribution in [-0.2, 0) is 16.1 Å². The molecule has 0 fully saturated rings. The molecule has 4 rings (SSSR count). The van der Waals surface area contributed by atoms with Gasteiger partial charge in [-0.15, -0.1) is 0 Å². The molecule has 0 aliphatic carbocycles. The fraction of sp³-hybridized carbons (Fsp3) is 0.130. The van der Waals surface area contributed by atoms with E-state index >= 15 is 0 Å². The van der Waals surface area contributed by atoms with Gasteiger partial charge in [0, 0.05) is 16.3 Å². The third-order valence-electron chi connectivity index (χ3n) is 4.89. The van der Waals surface area contributed by atoms with Gasteiger partial charge in [-0.1, -0.05) is 29.8 Å². The Kier molecular flexibility index (Phi) is 5.33. The van der Waals surface area contributed by atoms with E-state index in [9.17, 15) is 9.59 Å². The van der Waals surface area contributed by atoms with Crippen LogP contribution in [0.5, 0.6) is 5.75 Å². The summed E-state index contributed by atoms with van der Waals surface area (Å²) in [4.78, 5) is 27.8. The molecule has 0 saturated carbocycles. The minimum Gasteiger partial charge on any atom is -0.496 e. The average molecular weight is 423 g/mol. The van der Waals surface area contributed by atoms with Crippen molar-refractivity contribution in [3.8, 4) is 5.75 Å². The topological polar surface area (TPSA) is 71.8 Å². The van der Waals surface area contributed by atoms with Crippen LogP contribution in [0.15, 0.2) is 71.0 Å². The molecule has 7 heteroatoms. The summed E-state index contributed by atoms with van der Waals surface area (Å²) >= 11 is 6.06. The van der Waals surface area contributed by atoms with Gasteiger partial charge >= 0.3 is 0 Å². The Balaban J connectivity index is 1.81. The third kappa shape index (κ3) is 3.57. The van der Waals surface area contributed by atoms with Crippen molar-refractivity contribution in [3.63, 3.8) is 0 Å². The Morgan fingerprint density at radius 1 is 1.07 bits per heavy atom. The first kappa shape index (κ1) is 19.8. The van der Waals surface area contributed by atoms with Gasteiger partial charge in [0.1, 0.15) is 17.2 Å². The van der Waals surface area contributed by atoms with Gasteiger partial charge in [-0.25, -0.2) is 0 Å². The van der Waals surface area contributed by atoms with E-state index in [0.717, 1.165) is 10.5 Å². The van der Waals surface area contributed by atoms with E-state index in [-0.39, 0.29) is 17.8 Å².